The second-order valence-corrected chi connectivity index (χ2v) is 38.5. The van der Waals surface area contributed by atoms with Gasteiger partial charge in [0, 0.05) is 179 Å². The predicted molar refractivity (Wildman–Crippen MR) is 503 cm³/mol. The van der Waals surface area contributed by atoms with E-state index in [0.29, 0.717) is 52.1 Å². The average molecular weight is 1740 g/mol. The zero-order valence-corrected chi connectivity index (χ0v) is 74.8. The Kier molecular flexibility index (Phi) is 25.6. The third kappa shape index (κ3) is 19.4. The third-order valence-corrected chi connectivity index (χ3v) is 30.0. The van der Waals surface area contributed by atoms with Crippen LogP contribution in [0.15, 0.2) is 136 Å². The molecule has 13 aromatic rings. The fraction of sp³-hybridized carbons (Fsp3) is 0.505. The van der Waals surface area contributed by atoms with E-state index in [9.17, 15) is 4.79 Å². The molecule has 21 heterocycles. The molecule has 0 unspecified atom stereocenters. The lowest BCUT2D eigenvalue weighted by atomic mass is 10.0. The topological polar surface area (TPSA) is 223 Å². The van der Waals surface area contributed by atoms with Gasteiger partial charge in [-0.25, -0.2) is 24.9 Å². The molecule has 0 bridgehead atoms. The summed E-state index contributed by atoms with van der Waals surface area (Å²) in [6, 6.07) is 28.3. The van der Waals surface area contributed by atoms with E-state index in [4.69, 9.17) is 35.4 Å². The van der Waals surface area contributed by atoms with Crippen molar-refractivity contribution in [1.29, 1.82) is 0 Å². The minimum absolute atomic E-state index is 0.161. The van der Waals surface area contributed by atoms with E-state index in [1.165, 1.54) is 244 Å². The molecular weight excluding hydrogens is 1620 g/mol. The van der Waals surface area contributed by atoms with Crippen LogP contribution in [0.2, 0.25) is 5.02 Å². The van der Waals surface area contributed by atoms with Crippen molar-refractivity contribution < 1.29 is 8.83 Å². The molecule has 10 aliphatic rings. The number of hydrogen-bond donors (Lipinski definition) is 0. The Balaban J connectivity index is 0.000000105. The van der Waals surface area contributed by atoms with Crippen LogP contribution in [0.3, 0.4) is 0 Å². The highest BCUT2D eigenvalue weighted by Gasteiger charge is 2.34. The minimum atomic E-state index is -0.161. The van der Waals surface area contributed by atoms with E-state index in [1.807, 2.05) is 90.6 Å². The SMILES string of the molecule is C1=C(c2cnc3nc(N4CCC(N5CCCCC5)CC4)sc3c2)CCN(CC2CC2)C1.CC#Cc1cccc(-c2cnc3nc(N4CCC(N5CCCCC5)CC4)oc3c2)c1.Cc1nnc2ccc(-c3cnc4nc(N5CCC(N6CCCCC6)CC5)oc4c3)cn12.O=c1ccnc2c(-c3cnc4nc(N5CCC(N6CCCCC6)CC5)sc4c3)cc(Cl)cn12. The number of likely N-dealkylation sites (tertiary alicyclic amines) is 4. The highest BCUT2D eigenvalue weighted by atomic mass is 35.5. The number of benzene rings is 1. The van der Waals surface area contributed by atoms with Gasteiger partial charge in [-0.1, -0.05) is 84.1 Å². The zero-order chi connectivity index (χ0) is 84.1. The van der Waals surface area contributed by atoms with Gasteiger partial charge < -0.3 is 48.0 Å². The molecule has 12 aromatic heterocycles. The van der Waals surface area contributed by atoms with E-state index in [1.54, 1.807) is 23.7 Å². The minimum Gasteiger partial charge on any atom is -0.422 e. The maximum atomic E-state index is 12.3. The summed E-state index contributed by atoms with van der Waals surface area (Å²) in [6.45, 7) is 25.9. The monoisotopic (exact) mass is 1730 g/mol. The maximum absolute atomic E-state index is 12.3. The second-order valence-electron chi connectivity index (χ2n) is 36.0. The van der Waals surface area contributed by atoms with E-state index in [-0.39, 0.29) is 5.56 Å². The van der Waals surface area contributed by atoms with Crippen LogP contribution in [0.25, 0.3) is 93.4 Å². The van der Waals surface area contributed by atoms with E-state index >= 15 is 0 Å². The molecule has 25 nitrogen and oxygen atoms in total. The van der Waals surface area contributed by atoms with E-state index < -0.39 is 0 Å². The fourth-order valence-corrected chi connectivity index (χ4v) is 22.7. The van der Waals surface area contributed by atoms with Gasteiger partial charge in [0.25, 0.3) is 17.6 Å². The van der Waals surface area contributed by atoms with Crippen molar-refractivity contribution >= 4 is 117 Å². The number of nitrogens with zero attached hydrogens (tertiary/aromatic N) is 22. The second kappa shape index (κ2) is 38.4. The maximum Gasteiger partial charge on any atom is 0.299 e. The van der Waals surface area contributed by atoms with E-state index in [2.05, 4.69) is 133 Å². The van der Waals surface area contributed by atoms with Gasteiger partial charge in [0.15, 0.2) is 38.4 Å². The number of aromatic nitrogens is 13. The molecular formula is C97H115ClN22O3S2. The van der Waals surface area contributed by atoms with Crippen molar-refractivity contribution in [3.63, 3.8) is 0 Å². The van der Waals surface area contributed by atoms with Gasteiger partial charge in [0.05, 0.1) is 14.4 Å². The number of fused-ring (bicyclic) bond motifs is 6. The first-order valence-corrected chi connectivity index (χ1v) is 48.5. The standard InChI is InChI=1S/C25H35N5S.C25H28N4O.C24H25ClN6OS.C23H27N7O/c1-2-10-29(11-3-1)22-8-14-30(15-9-22)25-27-24-23(31-25)16-21(17-26-24)20-6-12-28(13-7-20)18-19-4-5-19;1-2-7-19-8-6-9-20(16-19)21-17-23-24(26-18-21)27-25(30-23)29-14-10-22(11-15-29)28-12-4-3-5-13-28;25-17-13-19(23-26-7-4-21(32)31(23)15-17)16-12-20-22(27-14-16)28-24(33-20)30-10-5-18(6-11-30)29-8-2-1-3-9-29;1-16-26-27-21-6-5-17(15-30(16)21)18-13-20-22(24-14-18)25-23(31-20)29-11-7-19(8-12-29)28-9-3-2-4-10-28/h6,16-17,19,22H,1-5,7-15,18H2;6,8-9,16-18,22H,3-5,10-15H2,1H3;4,7,12-15,18H,1-3,5-6,8-11H2;5-6,13-15,19H,2-4,7-12H2,1H3. The number of pyridine rings is 6. The van der Waals surface area contributed by atoms with Gasteiger partial charge in [-0.2, -0.15) is 19.9 Å². The van der Waals surface area contributed by atoms with Crippen molar-refractivity contribution in [2.75, 3.05) is 144 Å². The number of piperidine rings is 8. The first-order valence-electron chi connectivity index (χ1n) is 46.5. The van der Waals surface area contributed by atoms with Crippen molar-refractivity contribution in [2.45, 2.75) is 186 Å². The number of oxazole rings is 2. The number of anilines is 4. The molecule has 8 saturated heterocycles. The number of halogens is 1. The van der Waals surface area contributed by atoms with Gasteiger partial charge in [0.2, 0.25) is 11.3 Å². The Morgan fingerprint density at radius 1 is 0.456 bits per heavy atom. The molecule has 9 aliphatic heterocycles. The highest BCUT2D eigenvalue weighted by Crippen LogP contribution is 2.40. The van der Waals surface area contributed by atoms with Crippen LogP contribution in [0, 0.1) is 24.7 Å². The Bertz CT molecular complexity index is 6060. The van der Waals surface area contributed by atoms with Gasteiger partial charge in [-0.3, -0.25) is 18.5 Å². The van der Waals surface area contributed by atoms with Crippen LogP contribution in [-0.4, -0.2) is 237 Å². The lowest BCUT2D eigenvalue weighted by molar-refractivity contribution is 0.140. The smallest absolute Gasteiger partial charge is 0.299 e. The van der Waals surface area contributed by atoms with Crippen LogP contribution in [0.4, 0.5) is 22.3 Å². The molecule has 125 heavy (non-hydrogen) atoms. The Labute approximate surface area is 744 Å². The number of thiazole rings is 2. The summed E-state index contributed by atoms with van der Waals surface area (Å²) in [5.41, 5.74) is 15.3. The predicted octanol–water partition coefficient (Wildman–Crippen LogP) is 17.5. The third-order valence-electron chi connectivity index (χ3n) is 27.7. The molecule has 0 radical (unpaired) electrons. The number of aryl methyl sites for hydroxylation is 1. The molecule has 0 spiro atoms. The molecule has 9 fully saturated rings. The van der Waals surface area contributed by atoms with Crippen LogP contribution in [0.1, 0.15) is 172 Å². The van der Waals surface area contributed by atoms with Crippen LogP contribution in [-0.2, 0) is 0 Å². The molecule has 1 saturated carbocycles. The quantitative estimate of drug-likeness (QED) is 0.0923. The summed E-state index contributed by atoms with van der Waals surface area (Å²) in [5, 5.41) is 11.0. The lowest BCUT2D eigenvalue weighted by Crippen LogP contribution is -2.46. The Morgan fingerprint density at radius 3 is 1.46 bits per heavy atom. The van der Waals surface area contributed by atoms with Crippen molar-refractivity contribution in [3.05, 3.63) is 155 Å². The van der Waals surface area contributed by atoms with Crippen LogP contribution >= 0.6 is 34.3 Å². The van der Waals surface area contributed by atoms with Crippen molar-refractivity contribution in [1.82, 2.24) is 88.4 Å². The summed E-state index contributed by atoms with van der Waals surface area (Å²) >= 11 is 9.83. The Morgan fingerprint density at radius 2 is 0.952 bits per heavy atom. The molecule has 0 N–H and O–H groups in total. The number of rotatable bonds is 14. The lowest BCUT2D eigenvalue weighted by Gasteiger charge is -2.40. The number of hydrogen-bond acceptors (Lipinski definition) is 25. The molecule has 0 amide bonds. The summed E-state index contributed by atoms with van der Waals surface area (Å²) in [5.74, 6) is 7.91. The highest BCUT2D eigenvalue weighted by molar-refractivity contribution is 7.22. The Hall–Kier alpha value is -9.89. The largest absolute Gasteiger partial charge is 0.422 e. The molecule has 0 atom stereocenters. The summed E-state index contributed by atoms with van der Waals surface area (Å²) in [6.07, 6.45) is 45.3. The summed E-state index contributed by atoms with van der Waals surface area (Å²) in [7, 11) is 0. The zero-order valence-electron chi connectivity index (χ0n) is 72.4. The first kappa shape index (κ1) is 83.3. The molecule has 28 heteroatoms. The fourth-order valence-electron chi connectivity index (χ4n) is 20.5. The van der Waals surface area contributed by atoms with Crippen molar-refractivity contribution in [3.8, 4) is 45.2 Å². The van der Waals surface area contributed by atoms with Gasteiger partial charge in [-0.05, 0) is 265 Å². The molecule has 23 rings (SSSR count). The summed E-state index contributed by atoms with van der Waals surface area (Å²) in [4.78, 5) is 77.2. The van der Waals surface area contributed by atoms with Gasteiger partial charge in [-0.15, -0.1) is 16.1 Å². The van der Waals surface area contributed by atoms with Crippen LogP contribution in [0.5, 0.6) is 0 Å². The van der Waals surface area contributed by atoms with Crippen molar-refractivity contribution in [2.24, 2.45) is 5.92 Å². The van der Waals surface area contributed by atoms with Crippen LogP contribution < -0.4 is 25.2 Å². The molecule has 1 aliphatic carbocycles. The normalized spacial score (nSPS) is 20.1. The average Bonchev–Trinajstić information content (AvgIpc) is 1.42. The summed E-state index contributed by atoms with van der Waals surface area (Å²) < 4.78 is 18.0. The molecule has 650 valence electrons. The van der Waals surface area contributed by atoms with E-state index in [0.717, 1.165) is 160 Å². The van der Waals surface area contributed by atoms with Gasteiger partial charge in [0.1, 0.15) is 11.5 Å². The van der Waals surface area contributed by atoms with Gasteiger partial charge >= 0.3 is 0 Å². The first-order chi connectivity index (χ1) is 61.5. The molecule has 1 aromatic carbocycles.